The maximum Gasteiger partial charge on any atom is 0.327 e. The average Bonchev–Trinajstić information content (AvgIpc) is 2.75. The molecule has 12 N–H and O–H groups in total. The second kappa shape index (κ2) is 16.8. The smallest absolute Gasteiger partial charge is 0.327 e. The standard InChI is InChI=1S/C18H34N8O6S2/c1-34-6-4-11(24-14(28)9(19)7-13(20)27)16(30)25-10(3-2-5-23-18(21)22)15(29)26-12(8-33)17(31)32/h9-12,33H,2-8,19H2,1H3,(H2,20,27)(H,24,28)(H,25,30)(H,26,29)(H,31,32)(H4,21,22,23). The van der Waals surface area contributed by atoms with Crippen LogP contribution in [0.1, 0.15) is 25.7 Å². The molecule has 0 aromatic carbocycles. The van der Waals surface area contributed by atoms with Crippen molar-refractivity contribution in [3.8, 4) is 0 Å². The van der Waals surface area contributed by atoms with Crippen LogP contribution in [0.2, 0.25) is 0 Å². The first-order valence-electron chi connectivity index (χ1n) is 10.3. The van der Waals surface area contributed by atoms with Crippen LogP contribution in [-0.4, -0.2) is 89.1 Å². The summed E-state index contributed by atoms with van der Waals surface area (Å²) in [6.07, 6.45) is 1.98. The number of rotatable bonds is 17. The third kappa shape index (κ3) is 13.1. The quantitative estimate of drug-likeness (QED) is 0.0393. The SMILES string of the molecule is CSCCC(NC(=O)C(N)CC(N)=O)C(=O)NC(CCCN=C(N)N)C(=O)NC(CS)C(=O)O. The monoisotopic (exact) mass is 522 g/mol. The minimum Gasteiger partial charge on any atom is -0.480 e. The summed E-state index contributed by atoms with van der Waals surface area (Å²) in [6.45, 7) is 0.172. The Balaban J connectivity index is 5.49. The Hall–Kier alpha value is -2.72. The summed E-state index contributed by atoms with van der Waals surface area (Å²) in [5, 5.41) is 16.5. The van der Waals surface area contributed by atoms with Gasteiger partial charge in [0, 0.05) is 12.3 Å². The van der Waals surface area contributed by atoms with E-state index in [0.717, 1.165) is 0 Å². The highest BCUT2D eigenvalue weighted by atomic mass is 32.2. The number of aliphatic carboxylic acids is 1. The van der Waals surface area contributed by atoms with Crippen molar-refractivity contribution < 1.29 is 29.1 Å². The molecule has 4 unspecified atom stereocenters. The lowest BCUT2D eigenvalue weighted by atomic mass is 10.1. The molecule has 0 aromatic heterocycles. The van der Waals surface area contributed by atoms with Gasteiger partial charge in [-0.1, -0.05) is 0 Å². The minimum absolute atomic E-state index is 0.0810. The highest BCUT2D eigenvalue weighted by Crippen LogP contribution is 2.06. The van der Waals surface area contributed by atoms with Gasteiger partial charge in [0.05, 0.1) is 12.5 Å². The molecule has 0 bridgehead atoms. The van der Waals surface area contributed by atoms with E-state index in [1.54, 1.807) is 6.26 Å². The molecule has 4 amide bonds. The molecule has 0 radical (unpaired) electrons. The molecule has 0 spiro atoms. The van der Waals surface area contributed by atoms with Gasteiger partial charge in [-0.15, -0.1) is 0 Å². The molecule has 194 valence electrons. The van der Waals surface area contributed by atoms with E-state index in [4.69, 9.17) is 28.0 Å². The molecule has 0 aliphatic heterocycles. The number of carboxylic acid groups (broad SMARTS) is 1. The topological polar surface area (TPSA) is 258 Å². The van der Waals surface area contributed by atoms with Crippen LogP contribution in [0.3, 0.4) is 0 Å². The van der Waals surface area contributed by atoms with E-state index >= 15 is 0 Å². The Morgan fingerprint density at radius 2 is 1.47 bits per heavy atom. The number of carbonyl (C=O) groups is 5. The summed E-state index contributed by atoms with van der Waals surface area (Å²) >= 11 is 5.33. The maximum absolute atomic E-state index is 12.9. The number of nitrogens with two attached hydrogens (primary N) is 4. The van der Waals surface area contributed by atoms with Crippen LogP contribution in [0.25, 0.3) is 0 Å². The lowest BCUT2D eigenvalue weighted by Gasteiger charge is -2.25. The van der Waals surface area contributed by atoms with E-state index in [9.17, 15) is 24.0 Å². The van der Waals surface area contributed by atoms with Crippen molar-refractivity contribution in [1.82, 2.24) is 16.0 Å². The Bertz CT molecular complexity index is 750. The van der Waals surface area contributed by atoms with E-state index in [-0.39, 0.29) is 31.1 Å². The maximum atomic E-state index is 12.9. The first kappa shape index (κ1) is 31.3. The van der Waals surface area contributed by atoms with Gasteiger partial charge >= 0.3 is 5.97 Å². The van der Waals surface area contributed by atoms with Gasteiger partial charge in [0.25, 0.3) is 0 Å². The minimum atomic E-state index is -1.29. The van der Waals surface area contributed by atoms with Gasteiger partial charge < -0.3 is 44.0 Å². The average molecular weight is 523 g/mol. The van der Waals surface area contributed by atoms with Crippen LogP contribution < -0.4 is 38.9 Å². The highest BCUT2D eigenvalue weighted by molar-refractivity contribution is 7.98. The number of hydrogen-bond acceptors (Lipinski definition) is 9. The van der Waals surface area contributed by atoms with Gasteiger partial charge in [-0.25, -0.2) is 4.79 Å². The fourth-order valence-electron chi connectivity index (χ4n) is 2.60. The summed E-state index contributed by atoms with van der Waals surface area (Å²) in [5.74, 6) is -4.07. The van der Waals surface area contributed by atoms with E-state index in [1.807, 2.05) is 0 Å². The second-order valence-electron chi connectivity index (χ2n) is 7.21. The number of carboxylic acids is 1. The third-order valence-electron chi connectivity index (χ3n) is 4.38. The fourth-order valence-corrected chi connectivity index (χ4v) is 3.31. The summed E-state index contributed by atoms with van der Waals surface area (Å²) in [7, 11) is 0. The van der Waals surface area contributed by atoms with Crippen LogP contribution in [0.4, 0.5) is 0 Å². The van der Waals surface area contributed by atoms with Crippen molar-refractivity contribution in [3.05, 3.63) is 0 Å². The number of amides is 4. The lowest BCUT2D eigenvalue weighted by molar-refractivity contribution is -0.141. The van der Waals surface area contributed by atoms with Crippen molar-refractivity contribution in [2.24, 2.45) is 27.9 Å². The molecule has 0 heterocycles. The zero-order chi connectivity index (χ0) is 26.3. The molecular weight excluding hydrogens is 488 g/mol. The summed E-state index contributed by atoms with van der Waals surface area (Å²) in [6, 6.07) is -4.72. The number of primary amides is 1. The van der Waals surface area contributed by atoms with Gasteiger partial charge in [0.1, 0.15) is 18.1 Å². The number of nitrogens with zero attached hydrogens (tertiary/aromatic N) is 1. The molecule has 0 fully saturated rings. The third-order valence-corrected chi connectivity index (χ3v) is 5.39. The van der Waals surface area contributed by atoms with Crippen molar-refractivity contribution in [3.63, 3.8) is 0 Å². The molecule has 0 aromatic rings. The fraction of sp³-hybridized carbons (Fsp3) is 0.667. The number of guanidine groups is 1. The first-order valence-corrected chi connectivity index (χ1v) is 12.3. The van der Waals surface area contributed by atoms with Crippen LogP contribution in [0, 0.1) is 0 Å². The number of carbonyl (C=O) groups excluding carboxylic acids is 4. The number of thioether (sulfide) groups is 1. The zero-order valence-electron chi connectivity index (χ0n) is 18.9. The number of thiol groups is 1. The van der Waals surface area contributed by atoms with Crippen molar-refractivity contribution in [1.29, 1.82) is 0 Å². The molecule has 0 saturated carbocycles. The Labute approximate surface area is 207 Å². The molecular formula is C18H34N8O6S2. The van der Waals surface area contributed by atoms with Crippen molar-refractivity contribution >= 4 is 59.9 Å². The van der Waals surface area contributed by atoms with Crippen molar-refractivity contribution in [2.75, 3.05) is 24.3 Å². The number of nitrogens with one attached hydrogen (secondary N) is 3. The predicted molar refractivity (Wildman–Crippen MR) is 132 cm³/mol. The lowest BCUT2D eigenvalue weighted by Crippen LogP contribution is -2.57. The first-order chi connectivity index (χ1) is 15.9. The second-order valence-corrected chi connectivity index (χ2v) is 8.56. The van der Waals surface area contributed by atoms with E-state index in [1.165, 1.54) is 11.8 Å². The summed E-state index contributed by atoms with van der Waals surface area (Å²) in [5.41, 5.74) is 21.2. The Kier molecular flexibility index (Phi) is 15.5. The highest BCUT2D eigenvalue weighted by Gasteiger charge is 2.30. The van der Waals surface area contributed by atoms with Crippen molar-refractivity contribution in [2.45, 2.75) is 49.9 Å². The largest absolute Gasteiger partial charge is 0.480 e. The van der Waals surface area contributed by atoms with Gasteiger partial charge in [-0.2, -0.15) is 24.4 Å². The normalized spacial score (nSPS) is 14.1. The van der Waals surface area contributed by atoms with Gasteiger partial charge in [-0.3, -0.25) is 24.2 Å². The Morgan fingerprint density at radius 1 is 0.941 bits per heavy atom. The van der Waals surface area contributed by atoms with Gasteiger partial charge in [-0.05, 0) is 31.3 Å². The number of aliphatic imine (C=N–C) groups is 1. The predicted octanol–water partition coefficient (Wildman–Crippen LogP) is -3.54. The summed E-state index contributed by atoms with van der Waals surface area (Å²) in [4.78, 5) is 64.0. The molecule has 4 atom stereocenters. The zero-order valence-corrected chi connectivity index (χ0v) is 20.6. The Morgan fingerprint density at radius 3 is 1.94 bits per heavy atom. The molecule has 34 heavy (non-hydrogen) atoms. The van der Waals surface area contributed by atoms with E-state index in [0.29, 0.717) is 12.2 Å². The molecule has 16 heteroatoms. The van der Waals surface area contributed by atoms with Crippen LogP contribution in [-0.2, 0) is 24.0 Å². The summed E-state index contributed by atoms with van der Waals surface area (Å²) < 4.78 is 0. The molecule has 0 aliphatic carbocycles. The van der Waals surface area contributed by atoms with Crippen LogP contribution >= 0.6 is 24.4 Å². The van der Waals surface area contributed by atoms with Gasteiger partial charge in [0.15, 0.2) is 5.96 Å². The number of hydrogen-bond donors (Lipinski definition) is 9. The van der Waals surface area contributed by atoms with Gasteiger partial charge in [0.2, 0.25) is 23.6 Å². The van der Waals surface area contributed by atoms with Crippen LogP contribution in [0.15, 0.2) is 4.99 Å². The molecule has 0 saturated heterocycles. The molecule has 0 rings (SSSR count). The molecule has 0 aliphatic rings. The van der Waals surface area contributed by atoms with E-state index < -0.39 is 60.2 Å². The van der Waals surface area contributed by atoms with Crippen LogP contribution in [0.5, 0.6) is 0 Å². The van der Waals surface area contributed by atoms with E-state index in [2.05, 4.69) is 33.6 Å². The molecule has 14 nitrogen and oxygen atoms in total.